The van der Waals surface area contributed by atoms with Crippen LogP contribution < -0.4 is 15.6 Å². The van der Waals surface area contributed by atoms with Gasteiger partial charge in [-0.15, -0.1) is 22.7 Å². The van der Waals surface area contributed by atoms with E-state index in [-0.39, 0.29) is 21.7 Å². The number of rotatable bonds is 3. The van der Waals surface area contributed by atoms with Crippen LogP contribution >= 0.6 is 22.7 Å². The minimum atomic E-state index is 0.0222. The van der Waals surface area contributed by atoms with E-state index in [0.717, 1.165) is 33.3 Å². The normalized spacial score (nSPS) is 15.7. The number of fused-ring (bicyclic) bond motifs is 14. The molecule has 3 nitrogen and oxygen atoms in total. The van der Waals surface area contributed by atoms with Crippen LogP contribution in [0.25, 0.3) is 90.8 Å². The fourth-order valence-corrected chi connectivity index (χ4v) is 13.7. The van der Waals surface area contributed by atoms with Crippen LogP contribution in [0.15, 0.2) is 120 Å². The zero-order valence-electron chi connectivity index (χ0n) is 39.6. The fourth-order valence-electron chi connectivity index (χ4n) is 11.4. The van der Waals surface area contributed by atoms with Gasteiger partial charge in [-0.3, -0.25) is 0 Å². The summed E-state index contributed by atoms with van der Waals surface area (Å²) in [7, 11) is 2.50. The molecule has 0 spiro atoms. The molecule has 5 heterocycles. The Morgan fingerprint density at radius 1 is 0.561 bits per heavy atom. The highest BCUT2D eigenvalue weighted by atomic mass is 32.1. The molecule has 1 radical (unpaired) electrons. The molecule has 0 amide bonds. The van der Waals surface area contributed by atoms with Gasteiger partial charge in [0.2, 0.25) is 7.28 Å². The van der Waals surface area contributed by atoms with Crippen molar-refractivity contribution in [1.29, 1.82) is 0 Å². The second-order valence-electron chi connectivity index (χ2n) is 22.8. The van der Waals surface area contributed by atoms with Gasteiger partial charge in [0.15, 0.2) is 0 Å². The lowest BCUT2D eigenvalue weighted by Crippen LogP contribution is -2.35. The molecule has 325 valence electrons. The first-order valence-electron chi connectivity index (χ1n) is 23.7. The van der Waals surface area contributed by atoms with Crippen LogP contribution in [0.1, 0.15) is 104 Å². The molecule has 0 unspecified atom stereocenters. The van der Waals surface area contributed by atoms with Crippen molar-refractivity contribution in [2.45, 2.75) is 104 Å². The first kappa shape index (κ1) is 40.5. The number of furan rings is 1. The van der Waals surface area contributed by atoms with Crippen molar-refractivity contribution in [3.63, 3.8) is 0 Å². The molecule has 0 fully saturated rings. The number of para-hydroxylation sites is 1. The van der Waals surface area contributed by atoms with Crippen molar-refractivity contribution in [3.05, 3.63) is 138 Å². The van der Waals surface area contributed by atoms with Crippen LogP contribution in [0.5, 0.6) is 0 Å². The lowest BCUT2D eigenvalue weighted by Gasteiger charge is -2.41. The summed E-state index contributed by atoms with van der Waals surface area (Å²) in [5.41, 5.74) is 17.5. The van der Waals surface area contributed by atoms with E-state index in [4.69, 9.17) is 4.42 Å². The molecule has 11 aromatic rings. The summed E-state index contributed by atoms with van der Waals surface area (Å²) in [6, 6.07) is 44.2. The van der Waals surface area contributed by atoms with E-state index in [2.05, 4.69) is 202 Å². The van der Waals surface area contributed by atoms with E-state index < -0.39 is 0 Å². The third-order valence-corrected chi connectivity index (χ3v) is 17.6. The van der Waals surface area contributed by atoms with Gasteiger partial charge in [-0.05, 0) is 133 Å². The van der Waals surface area contributed by atoms with Gasteiger partial charge in [0, 0.05) is 80.3 Å². The highest BCUT2D eigenvalue weighted by Gasteiger charge is 2.38. The molecule has 2 aliphatic rings. The Morgan fingerprint density at radius 2 is 1.26 bits per heavy atom. The van der Waals surface area contributed by atoms with Gasteiger partial charge in [-0.1, -0.05) is 118 Å². The van der Waals surface area contributed by atoms with Gasteiger partial charge in [0.25, 0.3) is 0 Å². The summed E-state index contributed by atoms with van der Waals surface area (Å²) in [5, 5.41) is 12.8. The number of nitrogens with one attached hydrogen (secondary N) is 1. The number of anilines is 2. The van der Waals surface area contributed by atoms with E-state index in [1.54, 1.807) is 0 Å². The van der Waals surface area contributed by atoms with Crippen LogP contribution in [0.2, 0.25) is 0 Å². The van der Waals surface area contributed by atoms with E-state index >= 15 is 0 Å². The highest BCUT2D eigenvalue weighted by Crippen LogP contribution is 2.51. The predicted molar refractivity (Wildman–Crippen MR) is 289 cm³/mol. The zero-order valence-corrected chi connectivity index (χ0v) is 41.3. The Balaban J connectivity index is 1.10. The molecule has 7 aromatic carbocycles. The summed E-state index contributed by atoms with van der Waals surface area (Å²) in [6.45, 7) is 23.6. The minimum Gasteiger partial charge on any atom is -0.456 e. The molecule has 0 atom stereocenters. The Bertz CT molecular complexity index is 3890. The average molecular weight is 894 g/mol. The average Bonchev–Trinajstić information content (AvgIpc) is 4.02. The molecule has 4 aromatic heterocycles. The fraction of sp³-hybridized carbons (Fsp3) is 0.267. The molecule has 13 rings (SSSR count). The van der Waals surface area contributed by atoms with Crippen molar-refractivity contribution in [3.8, 4) is 16.8 Å². The minimum absolute atomic E-state index is 0.0222. The maximum absolute atomic E-state index is 6.61. The Hall–Kier alpha value is -5.82. The van der Waals surface area contributed by atoms with Gasteiger partial charge >= 0.3 is 0 Å². The van der Waals surface area contributed by atoms with Crippen molar-refractivity contribution >= 4 is 126 Å². The summed E-state index contributed by atoms with van der Waals surface area (Å²) >= 11 is 3.85. The molecule has 1 aliphatic heterocycles. The van der Waals surface area contributed by atoms with Crippen molar-refractivity contribution in [2.75, 3.05) is 5.32 Å². The Labute approximate surface area is 395 Å². The molecule has 0 saturated carbocycles. The number of aromatic nitrogens is 1. The third kappa shape index (κ3) is 5.86. The molecule has 0 bridgehead atoms. The maximum Gasteiger partial charge on any atom is 0.211 e. The molecule has 1 N–H and O–H groups in total. The van der Waals surface area contributed by atoms with E-state index in [1.165, 1.54) is 114 Å². The second kappa shape index (κ2) is 13.4. The molecule has 66 heavy (non-hydrogen) atoms. The van der Waals surface area contributed by atoms with Crippen molar-refractivity contribution in [1.82, 2.24) is 4.57 Å². The van der Waals surface area contributed by atoms with Crippen LogP contribution in [0, 0.1) is 0 Å². The van der Waals surface area contributed by atoms with Crippen LogP contribution in [0.4, 0.5) is 11.4 Å². The number of thiophene rings is 2. The Morgan fingerprint density at radius 3 is 2.02 bits per heavy atom. The standard InChI is InChI=1S/C60H54BN2OS2/c1-57(2,3)32-15-18-34(19-16-32)62-46-28-42-41-27-44-45(60(9,10)24-23-59(44,7)8)30-52(41)65-51(42)29-38(46)36-20-21-37-39-26-40-35-13-11-12-14-48(35)64-49(40)31-47(39)63-54(37)53(36)61-56-55(63)43-25-33(58(4,5)6)17-22-50(43)66-56/h11-22,25-31,62H,23-24H2,1-10H3. The van der Waals surface area contributed by atoms with E-state index in [0.29, 0.717) is 0 Å². The quantitative estimate of drug-likeness (QED) is 0.179. The first-order valence-corrected chi connectivity index (χ1v) is 25.3. The summed E-state index contributed by atoms with van der Waals surface area (Å²) in [4.78, 5) is 0. The lowest BCUT2D eigenvalue weighted by molar-refractivity contribution is 0.332. The third-order valence-electron chi connectivity index (χ3n) is 15.4. The molecular weight excluding hydrogens is 840 g/mol. The van der Waals surface area contributed by atoms with Crippen molar-refractivity contribution in [2.24, 2.45) is 0 Å². The van der Waals surface area contributed by atoms with Crippen LogP contribution in [-0.4, -0.2) is 11.8 Å². The topological polar surface area (TPSA) is 30.1 Å². The summed E-state index contributed by atoms with van der Waals surface area (Å²) in [5.74, 6) is 0. The van der Waals surface area contributed by atoms with Crippen LogP contribution in [-0.2, 0) is 21.7 Å². The van der Waals surface area contributed by atoms with Gasteiger partial charge in [-0.2, -0.15) is 0 Å². The van der Waals surface area contributed by atoms with Gasteiger partial charge in [-0.25, -0.2) is 0 Å². The Kier molecular flexibility index (Phi) is 8.23. The molecule has 1 aliphatic carbocycles. The number of hydrogen-bond acceptors (Lipinski definition) is 4. The summed E-state index contributed by atoms with van der Waals surface area (Å²) < 4.78 is 14.5. The second-order valence-corrected chi connectivity index (χ2v) is 24.9. The lowest BCUT2D eigenvalue weighted by atomic mass is 9.63. The van der Waals surface area contributed by atoms with Gasteiger partial charge in [0.1, 0.15) is 11.2 Å². The largest absolute Gasteiger partial charge is 0.456 e. The van der Waals surface area contributed by atoms with Crippen molar-refractivity contribution < 1.29 is 4.42 Å². The maximum atomic E-state index is 6.61. The number of nitrogens with zero attached hydrogens (tertiary/aromatic N) is 1. The smallest absolute Gasteiger partial charge is 0.211 e. The molecular formula is C60H54BN2OS2. The first-order chi connectivity index (χ1) is 31.4. The van der Waals surface area contributed by atoms with Crippen LogP contribution in [0.3, 0.4) is 0 Å². The summed E-state index contributed by atoms with van der Waals surface area (Å²) in [6.07, 6.45) is 2.40. The highest BCUT2D eigenvalue weighted by molar-refractivity contribution is 7.29. The molecule has 0 saturated heterocycles. The van der Waals surface area contributed by atoms with E-state index in [9.17, 15) is 0 Å². The van der Waals surface area contributed by atoms with Gasteiger partial charge in [0.05, 0.1) is 11.2 Å². The SMILES string of the molecule is CC(C)(C)c1ccc(Nc2cc3c(cc2-c2ccc4c5cc6c(cc5n5c4c2[B]c2sc4ccc(C(C)(C)C)cc4c2-5)oc2ccccc26)sc2cc4c(cc23)C(C)(C)CCC4(C)C)cc1. The number of hydrogen-bond donors (Lipinski definition) is 1. The number of benzene rings is 7. The monoisotopic (exact) mass is 893 g/mol. The zero-order chi connectivity index (χ0) is 45.4. The molecule has 6 heteroatoms. The predicted octanol–water partition coefficient (Wildman–Crippen LogP) is 16.6. The van der Waals surface area contributed by atoms with E-state index in [1.807, 2.05) is 22.7 Å². The van der Waals surface area contributed by atoms with Gasteiger partial charge < -0.3 is 14.3 Å².